The topological polar surface area (TPSA) is 82.2 Å². The normalized spacial score (nSPS) is 16.9. The Hall–Kier alpha value is -1.86. The highest BCUT2D eigenvalue weighted by Crippen LogP contribution is 2.39. The Labute approximate surface area is 124 Å². The Morgan fingerprint density at radius 2 is 2.35 bits per heavy atom. The SMILES string of the molecule is CCn1cc(Oc2cc3c(cc2Br)C(N)C(=O)N3)cn1. The molecule has 1 aliphatic heterocycles. The standard InChI is InChI=1S/C13H13BrN4O2/c1-2-18-6-7(5-16-18)20-11-4-10-8(3-9(11)14)12(15)13(19)17-10/h3-6,12H,2,15H2,1H3,(H,17,19). The van der Waals surface area contributed by atoms with Crippen LogP contribution in [0.2, 0.25) is 0 Å². The third-order valence-corrected chi connectivity index (χ3v) is 3.76. The van der Waals surface area contributed by atoms with Crippen LogP contribution in [0.5, 0.6) is 11.5 Å². The van der Waals surface area contributed by atoms with E-state index in [0.717, 1.165) is 16.6 Å². The lowest BCUT2D eigenvalue weighted by molar-refractivity contribution is -0.116. The number of rotatable bonds is 3. The van der Waals surface area contributed by atoms with E-state index in [1.165, 1.54) is 0 Å². The van der Waals surface area contributed by atoms with Gasteiger partial charge in [0.2, 0.25) is 5.91 Å². The Morgan fingerprint density at radius 1 is 1.55 bits per heavy atom. The van der Waals surface area contributed by atoms with Gasteiger partial charge in [-0.1, -0.05) is 0 Å². The lowest BCUT2D eigenvalue weighted by Gasteiger charge is -2.09. The molecule has 1 aliphatic rings. The van der Waals surface area contributed by atoms with Gasteiger partial charge in [0.25, 0.3) is 0 Å². The number of nitrogens with zero attached hydrogens (tertiary/aromatic N) is 2. The molecule has 0 fully saturated rings. The van der Waals surface area contributed by atoms with Crippen molar-refractivity contribution in [2.75, 3.05) is 5.32 Å². The molecule has 0 aliphatic carbocycles. The van der Waals surface area contributed by atoms with Crippen molar-refractivity contribution in [3.8, 4) is 11.5 Å². The van der Waals surface area contributed by atoms with Crippen molar-refractivity contribution in [3.63, 3.8) is 0 Å². The molecule has 104 valence electrons. The van der Waals surface area contributed by atoms with E-state index in [2.05, 4.69) is 26.3 Å². The molecular weight excluding hydrogens is 324 g/mol. The van der Waals surface area contributed by atoms with Crippen LogP contribution in [0.25, 0.3) is 0 Å². The lowest BCUT2D eigenvalue weighted by atomic mass is 10.1. The second-order valence-electron chi connectivity index (χ2n) is 4.47. The van der Waals surface area contributed by atoms with Crippen LogP contribution in [0.1, 0.15) is 18.5 Å². The smallest absolute Gasteiger partial charge is 0.245 e. The van der Waals surface area contributed by atoms with Gasteiger partial charge in [-0.25, -0.2) is 0 Å². The summed E-state index contributed by atoms with van der Waals surface area (Å²) in [4.78, 5) is 11.5. The van der Waals surface area contributed by atoms with E-state index in [-0.39, 0.29) is 5.91 Å². The lowest BCUT2D eigenvalue weighted by Crippen LogP contribution is -2.19. The predicted molar refractivity (Wildman–Crippen MR) is 77.7 cm³/mol. The predicted octanol–water partition coefficient (Wildman–Crippen LogP) is 2.41. The molecular formula is C13H13BrN4O2. The fourth-order valence-electron chi connectivity index (χ4n) is 2.06. The van der Waals surface area contributed by atoms with Gasteiger partial charge < -0.3 is 15.8 Å². The number of hydrogen-bond acceptors (Lipinski definition) is 4. The van der Waals surface area contributed by atoms with E-state index in [1.54, 1.807) is 23.0 Å². The average Bonchev–Trinajstić information content (AvgIpc) is 2.98. The minimum atomic E-state index is -0.627. The molecule has 3 rings (SSSR count). The highest BCUT2D eigenvalue weighted by atomic mass is 79.9. The van der Waals surface area contributed by atoms with Crippen LogP contribution in [0.15, 0.2) is 29.0 Å². The van der Waals surface area contributed by atoms with E-state index >= 15 is 0 Å². The van der Waals surface area contributed by atoms with Gasteiger partial charge in [0, 0.05) is 23.9 Å². The number of amides is 1. The monoisotopic (exact) mass is 336 g/mol. The Balaban J connectivity index is 1.91. The number of ether oxygens (including phenoxy) is 1. The third-order valence-electron chi connectivity index (χ3n) is 3.14. The summed E-state index contributed by atoms with van der Waals surface area (Å²) in [5, 5.41) is 6.88. The van der Waals surface area contributed by atoms with Crippen molar-refractivity contribution in [1.29, 1.82) is 0 Å². The molecule has 0 saturated carbocycles. The highest BCUT2D eigenvalue weighted by molar-refractivity contribution is 9.10. The molecule has 1 aromatic carbocycles. The third kappa shape index (κ3) is 2.19. The van der Waals surface area contributed by atoms with Gasteiger partial charge in [0.05, 0.1) is 16.9 Å². The molecule has 20 heavy (non-hydrogen) atoms. The molecule has 6 nitrogen and oxygen atoms in total. The molecule has 1 aromatic heterocycles. The van der Waals surface area contributed by atoms with E-state index in [0.29, 0.717) is 17.2 Å². The van der Waals surface area contributed by atoms with Gasteiger partial charge in [-0.05, 0) is 28.9 Å². The summed E-state index contributed by atoms with van der Waals surface area (Å²) in [6, 6.07) is 2.93. The Kier molecular flexibility index (Phi) is 3.23. The van der Waals surface area contributed by atoms with Gasteiger partial charge in [-0.2, -0.15) is 5.10 Å². The van der Waals surface area contributed by atoms with Crippen LogP contribution >= 0.6 is 15.9 Å². The van der Waals surface area contributed by atoms with Crippen LogP contribution < -0.4 is 15.8 Å². The van der Waals surface area contributed by atoms with Crippen molar-refractivity contribution in [2.24, 2.45) is 5.73 Å². The zero-order valence-corrected chi connectivity index (χ0v) is 12.3. The second kappa shape index (κ2) is 4.92. The van der Waals surface area contributed by atoms with E-state index in [9.17, 15) is 4.79 Å². The first-order valence-electron chi connectivity index (χ1n) is 6.18. The molecule has 3 N–H and O–H groups in total. The Morgan fingerprint density at radius 3 is 3.05 bits per heavy atom. The van der Waals surface area contributed by atoms with Crippen molar-refractivity contribution >= 4 is 27.5 Å². The first-order valence-corrected chi connectivity index (χ1v) is 6.98. The minimum Gasteiger partial charge on any atom is -0.453 e. The largest absolute Gasteiger partial charge is 0.453 e. The number of anilines is 1. The van der Waals surface area contributed by atoms with E-state index in [1.807, 2.05) is 13.1 Å². The first-order chi connectivity index (χ1) is 9.58. The highest BCUT2D eigenvalue weighted by Gasteiger charge is 2.28. The molecule has 1 unspecified atom stereocenters. The number of benzene rings is 1. The number of nitrogens with two attached hydrogens (primary N) is 1. The quantitative estimate of drug-likeness (QED) is 0.901. The summed E-state index contributed by atoms with van der Waals surface area (Å²) in [5.41, 5.74) is 7.24. The van der Waals surface area contributed by atoms with Crippen LogP contribution in [0.4, 0.5) is 5.69 Å². The fourth-order valence-corrected chi connectivity index (χ4v) is 2.50. The number of hydrogen-bond donors (Lipinski definition) is 2. The zero-order valence-electron chi connectivity index (χ0n) is 10.8. The summed E-state index contributed by atoms with van der Waals surface area (Å²) in [6.07, 6.45) is 3.46. The number of carbonyl (C=O) groups excluding carboxylic acids is 1. The van der Waals surface area contributed by atoms with Gasteiger partial charge in [0.1, 0.15) is 11.8 Å². The summed E-state index contributed by atoms with van der Waals surface area (Å²) in [7, 11) is 0. The number of aromatic nitrogens is 2. The average molecular weight is 337 g/mol. The van der Waals surface area contributed by atoms with Crippen LogP contribution in [-0.4, -0.2) is 15.7 Å². The number of carbonyl (C=O) groups is 1. The molecule has 0 saturated heterocycles. The summed E-state index contributed by atoms with van der Waals surface area (Å²) < 4.78 is 8.28. The van der Waals surface area contributed by atoms with Crippen LogP contribution in [0.3, 0.4) is 0 Å². The number of aryl methyl sites for hydroxylation is 1. The molecule has 1 amide bonds. The molecule has 1 atom stereocenters. The van der Waals surface area contributed by atoms with Gasteiger partial charge in [-0.15, -0.1) is 0 Å². The molecule has 2 heterocycles. The first kappa shape index (κ1) is 13.1. The van der Waals surface area contributed by atoms with Gasteiger partial charge in [0.15, 0.2) is 5.75 Å². The van der Waals surface area contributed by atoms with Gasteiger partial charge >= 0.3 is 0 Å². The molecule has 0 bridgehead atoms. The van der Waals surface area contributed by atoms with E-state index < -0.39 is 6.04 Å². The molecule has 0 spiro atoms. The van der Waals surface area contributed by atoms with E-state index in [4.69, 9.17) is 10.5 Å². The number of fused-ring (bicyclic) bond motifs is 1. The van der Waals surface area contributed by atoms with Crippen molar-refractivity contribution in [1.82, 2.24) is 9.78 Å². The molecule has 0 radical (unpaired) electrons. The van der Waals surface area contributed by atoms with Crippen molar-refractivity contribution in [3.05, 3.63) is 34.6 Å². The zero-order chi connectivity index (χ0) is 14.3. The number of halogens is 1. The summed E-state index contributed by atoms with van der Waals surface area (Å²) in [6.45, 7) is 2.78. The Bertz CT molecular complexity index is 683. The second-order valence-corrected chi connectivity index (χ2v) is 5.32. The summed E-state index contributed by atoms with van der Waals surface area (Å²) >= 11 is 3.43. The van der Waals surface area contributed by atoms with Gasteiger partial charge in [-0.3, -0.25) is 9.48 Å². The van der Waals surface area contributed by atoms with Crippen LogP contribution in [-0.2, 0) is 11.3 Å². The minimum absolute atomic E-state index is 0.206. The fraction of sp³-hybridized carbons (Fsp3) is 0.231. The molecule has 2 aromatic rings. The van der Waals surface area contributed by atoms with Crippen molar-refractivity contribution < 1.29 is 9.53 Å². The van der Waals surface area contributed by atoms with Crippen molar-refractivity contribution in [2.45, 2.75) is 19.5 Å². The van der Waals surface area contributed by atoms with Crippen LogP contribution in [0, 0.1) is 0 Å². The maximum Gasteiger partial charge on any atom is 0.245 e. The maximum absolute atomic E-state index is 11.5. The number of nitrogens with one attached hydrogen (secondary N) is 1. The summed E-state index contributed by atoms with van der Waals surface area (Å²) in [5.74, 6) is 1.04. The molecule has 7 heteroatoms. The maximum atomic E-state index is 11.5.